The number of allylic oxidation sites excluding steroid dienone is 1. The van der Waals surface area contributed by atoms with Gasteiger partial charge in [-0.05, 0) is 39.0 Å². The van der Waals surface area contributed by atoms with Gasteiger partial charge in [-0.2, -0.15) is 0 Å². The summed E-state index contributed by atoms with van der Waals surface area (Å²) < 4.78 is 0. The molecule has 0 unspecified atom stereocenters. The lowest BCUT2D eigenvalue weighted by Gasteiger charge is -2.26. The second-order valence-corrected chi connectivity index (χ2v) is 7.47. The largest absolute Gasteiger partial charge is 0.352 e. The quantitative estimate of drug-likeness (QED) is 0.337. The van der Waals surface area contributed by atoms with Gasteiger partial charge < -0.3 is 10.2 Å². The van der Waals surface area contributed by atoms with Crippen molar-refractivity contribution in [3.63, 3.8) is 0 Å². The van der Waals surface area contributed by atoms with E-state index < -0.39 is 0 Å². The maximum atomic E-state index is 12.4. The van der Waals surface area contributed by atoms with E-state index in [1.54, 1.807) is 11.9 Å². The fraction of sp³-hybridized carbons (Fsp3) is 0.810. The van der Waals surface area contributed by atoms with Gasteiger partial charge in [0.1, 0.15) is 6.04 Å². The highest BCUT2D eigenvalue weighted by molar-refractivity contribution is 5.87. The molecule has 1 N–H and O–H groups in total. The summed E-state index contributed by atoms with van der Waals surface area (Å²) in [6, 6.07) is -0.0973. The van der Waals surface area contributed by atoms with Crippen LogP contribution in [0.2, 0.25) is 0 Å². The van der Waals surface area contributed by atoms with Crippen molar-refractivity contribution >= 4 is 11.8 Å². The third-order valence-electron chi connectivity index (χ3n) is 5.35. The Morgan fingerprint density at radius 3 is 2.32 bits per heavy atom. The molecule has 0 heterocycles. The van der Waals surface area contributed by atoms with Crippen LogP contribution in [0.5, 0.6) is 0 Å². The minimum Gasteiger partial charge on any atom is -0.352 e. The van der Waals surface area contributed by atoms with Crippen LogP contribution in [0.1, 0.15) is 90.4 Å². The van der Waals surface area contributed by atoms with Crippen molar-refractivity contribution in [2.75, 3.05) is 7.05 Å². The Labute approximate surface area is 154 Å². The number of nitrogens with zero attached hydrogens (tertiary/aromatic N) is 1. The zero-order valence-corrected chi connectivity index (χ0v) is 16.4. The summed E-state index contributed by atoms with van der Waals surface area (Å²) in [5.41, 5.74) is 0. The minimum absolute atomic E-state index is 0.00725. The SMILES string of the molecule is C=CCCCCCCCC(=O)N(C)[C@@H](C)C(=O)NC1CCCCCC1. The molecule has 0 bridgehead atoms. The summed E-state index contributed by atoms with van der Waals surface area (Å²) in [7, 11) is 1.75. The zero-order valence-electron chi connectivity index (χ0n) is 16.4. The molecule has 1 fully saturated rings. The van der Waals surface area contributed by atoms with Gasteiger partial charge in [0.15, 0.2) is 0 Å². The Morgan fingerprint density at radius 1 is 1.08 bits per heavy atom. The van der Waals surface area contributed by atoms with E-state index in [4.69, 9.17) is 0 Å². The molecular weight excluding hydrogens is 312 g/mol. The maximum absolute atomic E-state index is 12.4. The molecule has 1 aliphatic carbocycles. The van der Waals surface area contributed by atoms with E-state index in [1.165, 1.54) is 44.9 Å². The molecule has 0 spiro atoms. The number of carbonyl (C=O) groups excluding carboxylic acids is 2. The smallest absolute Gasteiger partial charge is 0.242 e. The average Bonchev–Trinajstić information content (AvgIpc) is 2.88. The van der Waals surface area contributed by atoms with Gasteiger partial charge in [0.2, 0.25) is 11.8 Å². The normalized spacial score (nSPS) is 16.7. The molecule has 0 aliphatic heterocycles. The van der Waals surface area contributed by atoms with E-state index in [0.29, 0.717) is 6.42 Å². The second-order valence-electron chi connectivity index (χ2n) is 7.47. The number of likely N-dealkylation sites (N-methyl/N-ethyl adjacent to an activating group) is 1. The molecule has 1 saturated carbocycles. The number of carbonyl (C=O) groups is 2. The Balaban J connectivity index is 2.23. The molecule has 0 radical (unpaired) electrons. The van der Waals surface area contributed by atoms with Crippen LogP contribution in [0, 0.1) is 0 Å². The van der Waals surface area contributed by atoms with Crippen LogP contribution < -0.4 is 5.32 Å². The third-order valence-corrected chi connectivity index (χ3v) is 5.35. The number of hydrogen-bond acceptors (Lipinski definition) is 2. The fourth-order valence-electron chi connectivity index (χ4n) is 3.41. The van der Waals surface area contributed by atoms with Crippen LogP contribution in [0.4, 0.5) is 0 Å². The van der Waals surface area contributed by atoms with E-state index in [1.807, 2.05) is 13.0 Å². The molecule has 0 saturated heterocycles. The highest BCUT2D eigenvalue weighted by Crippen LogP contribution is 2.17. The molecule has 4 heteroatoms. The summed E-state index contributed by atoms with van der Waals surface area (Å²) >= 11 is 0. The number of rotatable bonds is 11. The lowest BCUT2D eigenvalue weighted by molar-refractivity contribution is -0.138. The van der Waals surface area contributed by atoms with Crippen molar-refractivity contribution in [1.82, 2.24) is 10.2 Å². The molecule has 1 rings (SSSR count). The summed E-state index contributed by atoms with van der Waals surface area (Å²) in [4.78, 5) is 26.4. The van der Waals surface area contributed by atoms with Crippen molar-refractivity contribution in [3.05, 3.63) is 12.7 Å². The van der Waals surface area contributed by atoms with Crippen molar-refractivity contribution in [1.29, 1.82) is 0 Å². The number of amides is 2. The van der Waals surface area contributed by atoms with Gasteiger partial charge >= 0.3 is 0 Å². The summed E-state index contributed by atoms with van der Waals surface area (Å²) in [5.74, 6) is 0.0711. The highest BCUT2D eigenvalue weighted by Gasteiger charge is 2.24. The van der Waals surface area contributed by atoms with Gasteiger partial charge in [0.25, 0.3) is 0 Å². The van der Waals surface area contributed by atoms with Crippen molar-refractivity contribution in [2.24, 2.45) is 0 Å². The van der Waals surface area contributed by atoms with Crippen LogP contribution in [0.25, 0.3) is 0 Å². The summed E-state index contributed by atoms with van der Waals surface area (Å²) in [5, 5.41) is 3.15. The Bertz CT molecular complexity index is 401. The molecule has 25 heavy (non-hydrogen) atoms. The van der Waals surface area contributed by atoms with Gasteiger partial charge in [-0.15, -0.1) is 6.58 Å². The van der Waals surface area contributed by atoms with Crippen LogP contribution in [-0.2, 0) is 9.59 Å². The van der Waals surface area contributed by atoms with Gasteiger partial charge in [-0.1, -0.05) is 51.0 Å². The van der Waals surface area contributed by atoms with E-state index in [2.05, 4.69) is 11.9 Å². The molecule has 2 amide bonds. The first-order chi connectivity index (χ1) is 12.1. The lowest BCUT2D eigenvalue weighted by Crippen LogP contribution is -2.48. The summed E-state index contributed by atoms with van der Waals surface area (Å²) in [6.07, 6.45) is 16.2. The van der Waals surface area contributed by atoms with E-state index >= 15 is 0 Å². The average molecular weight is 351 g/mol. The lowest BCUT2D eigenvalue weighted by atomic mass is 10.1. The third kappa shape index (κ3) is 9.08. The van der Waals surface area contributed by atoms with E-state index in [0.717, 1.165) is 32.1 Å². The van der Waals surface area contributed by atoms with E-state index in [-0.39, 0.29) is 23.9 Å². The van der Waals surface area contributed by atoms with Crippen molar-refractivity contribution in [2.45, 2.75) is 102 Å². The predicted molar refractivity (Wildman–Crippen MR) is 104 cm³/mol. The van der Waals surface area contributed by atoms with E-state index in [9.17, 15) is 9.59 Å². The van der Waals surface area contributed by atoms with Gasteiger partial charge in [0, 0.05) is 19.5 Å². The minimum atomic E-state index is -0.386. The van der Waals surface area contributed by atoms with Crippen molar-refractivity contribution < 1.29 is 9.59 Å². The first kappa shape index (κ1) is 21.7. The van der Waals surface area contributed by atoms with Crippen LogP contribution in [-0.4, -0.2) is 35.8 Å². The van der Waals surface area contributed by atoms with Crippen LogP contribution in [0.15, 0.2) is 12.7 Å². The zero-order chi connectivity index (χ0) is 18.5. The Morgan fingerprint density at radius 2 is 1.68 bits per heavy atom. The number of nitrogens with one attached hydrogen (secondary N) is 1. The number of hydrogen-bond donors (Lipinski definition) is 1. The van der Waals surface area contributed by atoms with Crippen LogP contribution >= 0.6 is 0 Å². The molecule has 144 valence electrons. The standard InChI is InChI=1S/C21H38N2O2/c1-4-5-6-7-8-9-14-17-20(24)23(3)18(2)21(25)22-19-15-12-10-11-13-16-19/h4,18-19H,1,5-17H2,2-3H3,(H,22,25)/t18-/m0/s1. The van der Waals surface area contributed by atoms with Gasteiger partial charge in [0.05, 0.1) is 0 Å². The molecule has 4 nitrogen and oxygen atoms in total. The first-order valence-corrected chi connectivity index (χ1v) is 10.2. The number of unbranched alkanes of at least 4 members (excludes halogenated alkanes) is 5. The van der Waals surface area contributed by atoms with Gasteiger partial charge in [-0.3, -0.25) is 9.59 Å². The molecule has 0 aromatic carbocycles. The topological polar surface area (TPSA) is 49.4 Å². The van der Waals surface area contributed by atoms with Crippen LogP contribution in [0.3, 0.4) is 0 Å². The molecular formula is C21H38N2O2. The molecule has 0 aromatic heterocycles. The van der Waals surface area contributed by atoms with Gasteiger partial charge in [-0.25, -0.2) is 0 Å². The molecule has 1 aliphatic rings. The van der Waals surface area contributed by atoms with Crippen molar-refractivity contribution in [3.8, 4) is 0 Å². The fourth-order valence-corrected chi connectivity index (χ4v) is 3.41. The molecule has 0 aromatic rings. The molecule has 1 atom stereocenters. The second kappa shape index (κ2) is 13.0. The Kier molecular flexibility index (Phi) is 11.3. The first-order valence-electron chi connectivity index (χ1n) is 10.2. The highest BCUT2D eigenvalue weighted by atomic mass is 16.2. The summed E-state index contributed by atoms with van der Waals surface area (Å²) in [6.45, 7) is 5.56. The Hall–Kier alpha value is -1.32. The maximum Gasteiger partial charge on any atom is 0.242 e. The predicted octanol–water partition coefficient (Wildman–Crippen LogP) is 4.59. The monoisotopic (exact) mass is 350 g/mol.